The molecule has 1 saturated heterocycles. The number of nitrogens with one attached hydrogen (secondary N) is 1. The molecule has 6 heteroatoms. The van der Waals surface area contributed by atoms with E-state index >= 15 is 0 Å². The molecule has 1 amide bonds. The lowest BCUT2D eigenvalue weighted by Crippen LogP contribution is -2.52. The SMILES string of the molecule is CN(C(=O)COC1CCNCC1)C(C)(C)C(=O)O. The monoisotopic (exact) mass is 258 g/mol. The maximum atomic E-state index is 11.9. The van der Waals surface area contributed by atoms with Crippen LogP contribution in [0.2, 0.25) is 0 Å². The average Bonchev–Trinajstić information content (AvgIpc) is 2.36. The second-order valence-corrected chi connectivity index (χ2v) is 5.08. The molecule has 0 aromatic carbocycles. The van der Waals surface area contributed by atoms with Gasteiger partial charge in [-0.05, 0) is 39.8 Å². The zero-order valence-corrected chi connectivity index (χ0v) is 11.2. The van der Waals surface area contributed by atoms with Crippen molar-refractivity contribution in [3.8, 4) is 0 Å². The van der Waals surface area contributed by atoms with Gasteiger partial charge in [0.2, 0.25) is 5.91 Å². The first-order valence-corrected chi connectivity index (χ1v) is 6.18. The molecular weight excluding hydrogens is 236 g/mol. The summed E-state index contributed by atoms with van der Waals surface area (Å²) in [5.74, 6) is -1.33. The highest BCUT2D eigenvalue weighted by Gasteiger charge is 2.35. The van der Waals surface area contributed by atoms with Crippen molar-refractivity contribution in [2.24, 2.45) is 0 Å². The summed E-state index contributed by atoms with van der Waals surface area (Å²) in [5, 5.41) is 12.2. The Balaban J connectivity index is 2.42. The number of carbonyl (C=O) groups is 2. The third kappa shape index (κ3) is 3.68. The summed E-state index contributed by atoms with van der Waals surface area (Å²) in [6.45, 7) is 4.73. The molecule has 0 aromatic rings. The molecule has 0 bridgehead atoms. The van der Waals surface area contributed by atoms with Gasteiger partial charge in [-0.15, -0.1) is 0 Å². The van der Waals surface area contributed by atoms with Gasteiger partial charge in [0.25, 0.3) is 0 Å². The summed E-state index contributed by atoms with van der Waals surface area (Å²) < 4.78 is 5.52. The average molecular weight is 258 g/mol. The topological polar surface area (TPSA) is 78.9 Å². The predicted octanol–water partition coefficient (Wildman–Crippen LogP) is 0.0766. The molecule has 104 valence electrons. The number of ether oxygens (including phenoxy) is 1. The second kappa shape index (κ2) is 6.15. The number of hydrogen-bond donors (Lipinski definition) is 2. The van der Waals surface area contributed by atoms with Crippen molar-refractivity contribution >= 4 is 11.9 Å². The molecule has 0 aliphatic carbocycles. The van der Waals surface area contributed by atoms with E-state index in [0.29, 0.717) is 0 Å². The van der Waals surface area contributed by atoms with Gasteiger partial charge in [0.15, 0.2) is 0 Å². The minimum absolute atomic E-state index is 0.0577. The Kier molecular flexibility index (Phi) is 5.10. The Labute approximate surface area is 107 Å². The molecule has 1 heterocycles. The van der Waals surface area contributed by atoms with Crippen molar-refractivity contribution in [1.82, 2.24) is 10.2 Å². The van der Waals surface area contributed by atoms with E-state index < -0.39 is 11.5 Å². The Morgan fingerprint density at radius 2 is 1.94 bits per heavy atom. The highest BCUT2D eigenvalue weighted by Crippen LogP contribution is 2.14. The van der Waals surface area contributed by atoms with E-state index in [1.54, 1.807) is 0 Å². The van der Waals surface area contributed by atoms with Gasteiger partial charge in [-0.2, -0.15) is 0 Å². The Bertz CT molecular complexity index is 311. The number of carboxylic acids is 1. The van der Waals surface area contributed by atoms with Crippen LogP contribution in [-0.2, 0) is 14.3 Å². The first-order chi connectivity index (χ1) is 8.35. The third-order valence-electron chi connectivity index (χ3n) is 3.46. The molecule has 6 nitrogen and oxygen atoms in total. The summed E-state index contributed by atoms with van der Waals surface area (Å²) in [6, 6.07) is 0. The molecule has 1 aliphatic heterocycles. The minimum Gasteiger partial charge on any atom is -0.480 e. The van der Waals surface area contributed by atoms with Gasteiger partial charge >= 0.3 is 5.97 Å². The fraction of sp³-hybridized carbons (Fsp3) is 0.833. The molecule has 2 N–H and O–H groups in total. The van der Waals surface area contributed by atoms with Crippen LogP contribution >= 0.6 is 0 Å². The lowest BCUT2D eigenvalue weighted by molar-refractivity contribution is -0.158. The van der Waals surface area contributed by atoms with E-state index in [2.05, 4.69) is 5.32 Å². The van der Waals surface area contributed by atoms with Gasteiger partial charge in [-0.25, -0.2) is 4.79 Å². The summed E-state index contributed by atoms with van der Waals surface area (Å²) in [5.41, 5.74) is -1.21. The molecule has 1 fully saturated rings. The fourth-order valence-corrected chi connectivity index (χ4v) is 1.70. The lowest BCUT2D eigenvalue weighted by atomic mass is 10.0. The number of hydrogen-bond acceptors (Lipinski definition) is 4. The first kappa shape index (κ1) is 14.9. The molecule has 1 rings (SSSR count). The van der Waals surface area contributed by atoms with Crippen molar-refractivity contribution < 1.29 is 19.4 Å². The number of piperidine rings is 1. The van der Waals surface area contributed by atoms with E-state index in [9.17, 15) is 9.59 Å². The fourth-order valence-electron chi connectivity index (χ4n) is 1.70. The van der Waals surface area contributed by atoms with E-state index in [1.165, 1.54) is 25.8 Å². The van der Waals surface area contributed by atoms with Crippen molar-refractivity contribution in [1.29, 1.82) is 0 Å². The van der Waals surface area contributed by atoms with Crippen LogP contribution in [0.15, 0.2) is 0 Å². The summed E-state index contributed by atoms with van der Waals surface area (Å²) in [7, 11) is 1.49. The lowest BCUT2D eigenvalue weighted by Gasteiger charge is -2.32. The van der Waals surface area contributed by atoms with Crippen LogP contribution in [0.1, 0.15) is 26.7 Å². The number of carbonyl (C=O) groups excluding carboxylic acids is 1. The van der Waals surface area contributed by atoms with Crippen LogP contribution in [0.25, 0.3) is 0 Å². The zero-order chi connectivity index (χ0) is 13.8. The third-order valence-corrected chi connectivity index (χ3v) is 3.46. The summed E-state index contributed by atoms with van der Waals surface area (Å²) in [4.78, 5) is 24.1. The smallest absolute Gasteiger partial charge is 0.329 e. The molecular formula is C12H22N2O4. The van der Waals surface area contributed by atoms with Gasteiger partial charge in [-0.1, -0.05) is 0 Å². The van der Waals surface area contributed by atoms with Gasteiger partial charge in [0.1, 0.15) is 12.1 Å². The highest BCUT2D eigenvalue weighted by atomic mass is 16.5. The van der Waals surface area contributed by atoms with E-state index in [4.69, 9.17) is 9.84 Å². The van der Waals surface area contributed by atoms with Crippen molar-refractivity contribution in [2.45, 2.75) is 38.3 Å². The zero-order valence-electron chi connectivity index (χ0n) is 11.2. The maximum absolute atomic E-state index is 11.9. The number of amides is 1. The van der Waals surface area contributed by atoms with Crippen LogP contribution in [-0.4, -0.2) is 60.3 Å². The van der Waals surface area contributed by atoms with E-state index in [1.807, 2.05) is 0 Å². The molecule has 0 radical (unpaired) electrons. The van der Waals surface area contributed by atoms with Gasteiger partial charge in [0, 0.05) is 7.05 Å². The van der Waals surface area contributed by atoms with Crippen LogP contribution in [0.4, 0.5) is 0 Å². The quantitative estimate of drug-likeness (QED) is 0.730. The van der Waals surface area contributed by atoms with Gasteiger partial charge in [-0.3, -0.25) is 4.79 Å². The Morgan fingerprint density at radius 3 is 2.44 bits per heavy atom. The van der Waals surface area contributed by atoms with Crippen molar-refractivity contribution in [2.75, 3.05) is 26.7 Å². The summed E-state index contributed by atoms with van der Waals surface area (Å²) in [6.07, 6.45) is 1.87. The molecule has 0 spiro atoms. The standard InChI is InChI=1S/C12H22N2O4/c1-12(2,11(16)17)14(3)10(15)8-18-9-4-6-13-7-5-9/h9,13H,4-8H2,1-3H3,(H,16,17). The van der Waals surface area contributed by atoms with Crippen LogP contribution < -0.4 is 5.32 Å². The Hall–Kier alpha value is -1.14. The normalized spacial score (nSPS) is 17.5. The number of rotatable bonds is 5. The largest absolute Gasteiger partial charge is 0.480 e. The molecule has 0 aromatic heterocycles. The number of likely N-dealkylation sites (N-methyl/N-ethyl adjacent to an activating group) is 1. The maximum Gasteiger partial charge on any atom is 0.329 e. The number of carboxylic acid groups (broad SMARTS) is 1. The predicted molar refractivity (Wildman–Crippen MR) is 66.3 cm³/mol. The van der Waals surface area contributed by atoms with Gasteiger partial charge < -0.3 is 20.1 Å². The van der Waals surface area contributed by atoms with Crippen molar-refractivity contribution in [3.05, 3.63) is 0 Å². The van der Waals surface area contributed by atoms with Crippen molar-refractivity contribution in [3.63, 3.8) is 0 Å². The first-order valence-electron chi connectivity index (χ1n) is 6.18. The minimum atomic E-state index is -1.21. The molecule has 18 heavy (non-hydrogen) atoms. The molecule has 0 atom stereocenters. The summed E-state index contributed by atoms with van der Waals surface area (Å²) >= 11 is 0. The second-order valence-electron chi connectivity index (χ2n) is 5.08. The van der Waals surface area contributed by atoms with Crippen LogP contribution in [0.5, 0.6) is 0 Å². The van der Waals surface area contributed by atoms with Gasteiger partial charge in [0.05, 0.1) is 6.10 Å². The molecule has 1 aliphatic rings. The molecule has 0 saturated carbocycles. The van der Waals surface area contributed by atoms with E-state index in [0.717, 1.165) is 25.9 Å². The molecule has 0 unspecified atom stereocenters. The number of nitrogens with zero attached hydrogens (tertiary/aromatic N) is 1. The Morgan fingerprint density at radius 1 is 1.39 bits per heavy atom. The highest BCUT2D eigenvalue weighted by molar-refractivity contribution is 5.86. The van der Waals surface area contributed by atoms with E-state index in [-0.39, 0.29) is 18.6 Å². The van der Waals surface area contributed by atoms with Crippen LogP contribution in [0, 0.1) is 0 Å². The number of aliphatic carboxylic acids is 1. The van der Waals surface area contributed by atoms with Crippen LogP contribution in [0.3, 0.4) is 0 Å².